The minimum Gasteiger partial charge on any atom is -0.495 e. The lowest BCUT2D eigenvalue weighted by Crippen LogP contribution is -2.15. The van der Waals surface area contributed by atoms with Gasteiger partial charge in [-0.2, -0.15) is 5.10 Å². The number of benzene rings is 2. The molecule has 1 amide bonds. The minimum absolute atomic E-state index is 0.0783. The van der Waals surface area contributed by atoms with E-state index in [2.05, 4.69) is 20.5 Å². The fourth-order valence-corrected chi connectivity index (χ4v) is 2.63. The number of halogens is 1. The summed E-state index contributed by atoms with van der Waals surface area (Å²) in [5, 5.41) is 10.2. The van der Waals surface area contributed by atoms with Crippen molar-refractivity contribution in [2.75, 3.05) is 12.4 Å². The first-order valence-corrected chi connectivity index (χ1v) is 8.09. The molecule has 0 unspecified atom stereocenters. The maximum absolute atomic E-state index is 12.1. The van der Waals surface area contributed by atoms with E-state index in [0.717, 1.165) is 11.4 Å². The Morgan fingerprint density at radius 1 is 1.24 bits per heavy atom. The largest absolute Gasteiger partial charge is 0.495 e. The van der Waals surface area contributed by atoms with E-state index in [1.54, 1.807) is 18.2 Å². The van der Waals surface area contributed by atoms with Gasteiger partial charge >= 0.3 is 0 Å². The molecule has 25 heavy (non-hydrogen) atoms. The number of hydrogen-bond donors (Lipinski definition) is 2. The first kappa shape index (κ1) is 17.0. The van der Waals surface area contributed by atoms with Crippen LogP contribution in [0.1, 0.15) is 17.2 Å². The van der Waals surface area contributed by atoms with Gasteiger partial charge in [-0.1, -0.05) is 41.9 Å². The Morgan fingerprint density at radius 2 is 2.04 bits per heavy atom. The van der Waals surface area contributed by atoms with Gasteiger partial charge in [0.25, 0.3) is 0 Å². The number of carbonyl (C=O) groups excluding carboxylic acids is 1. The number of aromatic nitrogens is 3. The zero-order chi connectivity index (χ0) is 17.6. The Labute approximate surface area is 150 Å². The molecule has 0 aliphatic carbocycles. The maximum atomic E-state index is 12.1. The molecule has 2 N–H and O–H groups in total. The quantitative estimate of drug-likeness (QED) is 0.710. The van der Waals surface area contributed by atoms with Gasteiger partial charge in [-0.3, -0.25) is 9.89 Å². The third kappa shape index (κ3) is 4.58. The molecule has 3 rings (SSSR count). The van der Waals surface area contributed by atoms with Gasteiger partial charge in [0, 0.05) is 12.1 Å². The predicted octanol–water partition coefficient (Wildman–Crippen LogP) is 3.24. The predicted molar refractivity (Wildman–Crippen MR) is 96.0 cm³/mol. The van der Waals surface area contributed by atoms with Gasteiger partial charge in [-0.05, 0) is 23.8 Å². The van der Waals surface area contributed by atoms with Crippen molar-refractivity contribution in [3.05, 3.63) is 70.8 Å². The molecular formula is C18H17ClN4O2. The maximum Gasteiger partial charge on any atom is 0.232 e. The zero-order valence-electron chi connectivity index (χ0n) is 13.6. The van der Waals surface area contributed by atoms with Gasteiger partial charge in [-0.25, -0.2) is 4.98 Å². The number of H-pyrrole nitrogens is 1. The summed E-state index contributed by atoms with van der Waals surface area (Å²) in [4.78, 5) is 16.5. The van der Waals surface area contributed by atoms with Crippen LogP contribution in [-0.2, 0) is 17.6 Å². The van der Waals surface area contributed by atoms with Gasteiger partial charge in [0.05, 0.1) is 18.6 Å². The first-order chi connectivity index (χ1) is 12.1. The van der Waals surface area contributed by atoms with Gasteiger partial charge < -0.3 is 10.1 Å². The van der Waals surface area contributed by atoms with Gasteiger partial charge in [-0.15, -0.1) is 0 Å². The summed E-state index contributed by atoms with van der Waals surface area (Å²) in [6, 6.07) is 15.0. The summed E-state index contributed by atoms with van der Waals surface area (Å²) >= 11 is 6.05. The summed E-state index contributed by atoms with van der Waals surface area (Å²) in [5.74, 6) is 1.51. The molecular weight excluding hydrogens is 340 g/mol. The van der Waals surface area contributed by atoms with E-state index in [1.165, 1.54) is 7.11 Å². The third-order valence-corrected chi connectivity index (χ3v) is 3.84. The number of hydrogen-bond acceptors (Lipinski definition) is 4. The summed E-state index contributed by atoms with van der Waals surface area (Å²) in [7, 11) is 1.54. The number of nitrogens with one attached hydrogen (secondary N) is 2. The van der Waals surface area contributed by atoms with E-state index in [1.807, 2.05) is 30.3 Å². The second kappa shape index (κ2) is 7.81. The Balaban J connectivity index is 1.59. The minimum atomic E-state index is -0.216. The Hall–Kier alpha value is -2.86. The number of methoxy groups -OCH3 is 1. The number of nitrogens with zero attached hydrogens (tertiary/aromatic N) is 2. The van der Waals surface area contributed by atoms with Crippen LogP contribution in [-0.4, -0.2) is 28.2 Å². The van der Waals surface area contributed by atoms with Crippen LogP contribution in [0.3, 0.4) is 0 Å². The molecule has 0 saturated carbocycles. The van der Waals surface area contributed by atoms with Crippen molar-refractivity contribution in [3.63, 3.8) is 0 Å². The number of carbonyl (C=O) groups is 1. The van der Waals surface area contributed by atoms with E-state index in [-0.39, 0.29) is 12.3 Å². The summed E-state index contributed by atoms with van der Waals surface area (Å²) < 4.78 is 5.08. The molecule has 7 heteroatoms. The Morgan fingerprint density at radius 3 is 2.76 bits per heavy atom. The van der Waals surface area contributed by atoms with E-state index in [4.69, 9.17) is 16.3 Å². The van der Waals surface area contributed by atoms with Crippen LogP contribution < -0.4 is 10.1 Å². The van der Waals surface area contributed by atoms with Crippen molar-refractivity contribution in [1.29, 1.82) is 0 Å². The molecule has 3 aromatic rings. The highest BCUT2D eigenvalue weighted by Gasteiger charge is 2.11. The lowest BCUT2D eigenvalue weighted by molar-refractivity contribution is -0.115. The highest BCUT2D eigenvalue weighted by atomic mass is 35.5. The van der Waals surface area contributed by atoms with Gasteiger partial charge in [0.15, 0.2) is 5.82 Å². The van der Waals surface area contributed by atoms with Crippen LogP contribution in [0.2, 0.25) is 5.02 Å². The van der Waals surface area contributed by atoms with E-state index >= 15 is 0 Å². The normalized spacial score (nSPS) is 10.5. The standard InChI is InChI=1S/C18H17ClN4O2/c1-25-15-8-7-13(10-14(15)19)20-18(24)11-17-21-16(22-23-17)9-12-5-3-2-4-6-12/h2-8,10H,9,11H2,1H3,(H,20,24)(H,21,22,23). The van der Waals surface area contributed by atoms with Crippen molar-refractivity contribution in [2.45, 2.75) is 12.8 Å². The molecule has 0 saturated heterocycles. The lowest BCUT2D eigenvalue weighted by atomic mass is 10.1. The fourth-order valence-electron chi connectivity index (χ4n) is 2.38. The van der Waals surface area contributed by atoms with Crippen LogP contribution in [0.15, 0.2) is 48.5 Å². The van der Waals surface area contributed by atoms with Crippen LogP contribution in [0.25, 0.3) is 0 Å². The smallest absolute Gasteiger partial charge is 0.232 e. The lowest BCUT2D eigenvalue weighted by Gasteiger charge is -2.07. The molecule has 1 heterocycles. The molecule has 0 spiro atoms. The number of anilines is 1. The molecule has 0 radical (unpaired) electrons. The highest BCUT2D eigenvalue weighted by molar-refractivity contribution is 6.32. The molecule has 0 fully saturated rings. The van der Waals surface area contributed by atoms with Gasteiger partial charge in [0.1, 0.15) is 11.6 Å². The monoisotopic (exact) mass is 356 g/mol. The summed E-state index contributed by atoms with van der Waals surface area (Å²) in [5.41, 5.74) is 1.72. The molecule has 0 aliphatic rings. The van der Waals surface area contributed by atoms with E-state index < -0.39 is 0 Å². The average molecular weight is 357 g/mol. The molecule has 0 atom stereocenters. The van der Waals surface area contributed by atoms with Gasteiger partial charge in [0.2, 0.25) is 5.91 Å². The second-order valence-electron chi connectivity index (χ2n) is 5.43. The molecule has 0 aliphatic heterocycles. The Kier molecular flexibility index (Phi) is 5.30. The van der Waals surface area contributed by atoms with Crippen LogP contribution in [0, 0.1) is 0 Å². The fraction of sp³-hybridized carbons (Fsp3) is 0.167. The van der Waals surface area contributed by atoms with Crippen molar-refractivity contribution in [3.8, 4) is 5.75 Å². The topological polar surface area (TPSA) is 79.9 Å². The number of aromatic amines is 1. The van der Waals surface area contributed by atoms with Crippen molar-refractivity contribution in [2.24, 2.45) is 0 Å². The number of ether oxygens (including phenoxy) is 1. The van der Waals surface area contributed by atoms with E-state index in [0.29, 0.717) is 28.7 Å². The number of amides is 1. The van der Waals surface area contributed by atoms with Crippen molar-refractivity contribution < 1.29 is 9.53 Å². The first-order valence-electron chi connectivity index (χ1n) is 7.71. The molecule has 6 nitrogen and oxygen atoms in total. The second-order valence-corrected chi connectivity index (χ2v) is 5.84. The molecule has 0 bridgehead atoms. The zero-order valence-corrected chi connectivity index (χ0v) is 14.4. The van der Waals surface area contributed by atoms with E-state index in [9.17, 15) is 4.79 Å². The summed E-state index contributed by atoms with van der Waals surface area (Å²) in [6.07, 6.45) is 0.721. The number of rotatable bonds is 6. The van der Waals surface area contributed by atoms with Crippen LogP contribution in [0.4, 0.5) is 5.69 Å². The molecule has 1 aromatic heterocycles. The summed E-state index contributed by atoms with van der Waals surface area (Å²) in [6.45, 7) is 0. The molecule has 2 aromatic carbocycles. The van der Waals surface area contributed by atoms with Crippen molar-refractivity contribution in [1.82, 2.24) is 15.2 Å². The van der Waals surface area contributed by atoms with Crippen LogP contribution >= 0.6 is 11.6 Å². The van der Waals surface area contributed by atoms with Crippen molar-refractivity contribution >= 4 is 23.2 Å². The van der Waals surface area contributed by atoms with Crippen LogP contribution in [0.5, 0.6) is 5.75 Å². The Bertz CT molecular complexity index is 865. The highest BCUT2D eigenvalue weighted by Crippen LogP contribution is 2.27. The molecule has 128 valence electrons. The third-order valence-electron chi connectivity index (χ3n) is 3.55. The average Bonchev–Trinajstić information content (AvgIpc) is 3.02. The SMILES string of the molecule is COc1ccc(NC(=O)Cc2n[nH]c(Cc3ccccc3)n2)cc1Cl.